The number of carbonyl (C=O) groups is 2. The van der Waals surface area contributed by atoms with E-state index in [1.807, 2.05) is 77.9 Å². The second-order valence-electron chi connectivity index (χ2n) is 9.10. The molecule has 0 unspecified atom stereocenters. The van der Waals surface area contributed by atoms with Crippen molar-refractivity contribution in [2.45, 2.75) is 20.4 Å². The molecule has 7 nitrogen and oxygen atoms in total. The van der Waals surface area contributed by atoms with Gasteiger partial charge < -0.3 is 19.1 Å². The lowest BCUT2D eigenvalue weighted by atomic mass is 10.0. The van der Waals surface area contributed by atoms with E-state index in [4.69, 9.17) is 4.74 Å². The second-order valence-corrected chi connectivity index (χ2v) is 10.0. The number of pyridine rings is 1. The van der Waals surface area contributed by atoms with E-state index in [0.29, 0.717) is 43.3 Å². The van der Waals surface area contributed by atoms with Gasteiger partial charge in [0.05, 0.1) is 29.2 Å². The number of anilines is 1. The number of amides is 1. The summed E-state index contributed by atoms with van der Waals surface area (Å²) in [6.45, 7) is 6.26. The van der Waals surface area contributed by atoms with Gasteiger partial charge in [-0.15, -0.1) is 11.3 Å². The number of thiophene rings is 1. The van der Waals surface area contributed by atoms with Crippen molar-refractivity contribution in [3.05, 3.63) is 98.0 Å². The Bertz CT molecular complexity index is 1490. The lowest BCUT2D eigenvalue weighted by Gasteiger charge is -2.37. The van der Waals surface area contributed by atoms with Crippen LogP contribution in [0.1, 0.15) is 38.1 Å². The van der Waals surface area contributed by atoms with Gasteiger partial charge in [0.25, 0.3) is 11.5 Å². The van der Waals surface area contributed by atoms with Gasteiger partial charge in [0.2, 0.25) is 0 Å². The van der Waals surface area contributed by atoms with Gasteiger partial charge in [-0.1, -0.05) is 48.0 Å². The smallest absolute Gasteiger partial charge is 0.345 e. The summed E-state index contributed by atoms with van der Waals surface area (Å²) in [7, 11) is 0. The van der Waals surface area contributed by atoms with E-state index in [-0.39, 0.29) is 23.6 Å². The summed E-state index contributed by atoms with van der Waals surface area (Å²) >= 11 is 1.43. The van der Waals surface area contributed by atoms with E-state index < -0.39 is 5.97 Å². The standard InChI is InChI=1S/C29H29N3O4S/c1-3-36-29(35)25-26(30-13-15-31(16-14-30)27(33)24-10-7-17-37-24)22-18-20(2)11-12-23(22)32(28(25)34)19-21-8-5-4-6-9-21/h4-12,17-18H,3,13-16,19H2,1-2H3. The number of aromatic nitrogens is 1. The topological polar surface area (TPSA) is 71.8 Å². The van der Waals surface area contributed by atoms with Gasteiger partial charge in [0.15, 0.2) is 0 Å². The molecule has 1 aliphatic heterocycles. The molecule has 3 heterocycles. The summed E-state index contributed by atoms with van der Waals surface area (Å²) in [5, 5.41) is 2.73. The molecule has 0 N–H and O–H groups in total. The van der Waals surface area contributed by atoms with Crippen molar-refractivity contribution >= 4 is 39.8 Å². The number of rotatable bonds is 6. The number of hydrogen-bond acceptors (Lipinski definition) is 6. The second kappa shape index (κ2) is 10.6. The molecule has 1 saturated heterocycles. The maximum Gasteiger partial charge on any atom is 0.345 e. The molecule has 37 heavy (non-hydrogen) atoms. The Balaban J connectivity index is 1.60. The van der Waals surface area contributed by atoms with E-state index in [0.717, 1.165) is 22.0 Å². The van der Waals surface area contributed by atoms with E-state index >= 15 is 0 Å². The molecule has 2 aromatic carbocycles. The van der Waals surface area contributed by atoms with Gasteiger partial charge in [-0.05, 0) is 43.0 Å². The molecule has 0 saturated carbocycles. The van der Waals surface area contributed by atoms with Crippen molar-refractivity contribution in [1.82, 2.24) is 9.47 Å². The predicted octanol–water partition coefficient (Wildman–Crippen LogP) is 4.56. The van der Waals surface area contributed by atoms with Crippen LogP contribution in [0.15, 0.2) is 70.8 Å². The molecule has 0 bridgehead atoms. The van der Waals surface area contributed by atoms with Crippen molar-refractivity contribution < 1.29 is 14.3 Å². The Morgan fingerprint density at radius 3 is 2.41 bits per heavy atom. The van der Waals surface area contributed by atoms with Crippen LogP contribution in [0.2, 0.25) is 0 Å². The summed E-state index contributed by atoms with van der Waals surface area (Å²) in [6.07, 6.45) is 0. The minimum absolute atomic E-state index is 0.0132. The highest BCUT2D eigenvalue weighted by Gasteiger charge is 2.30. The monoisotopic (exact) mass is 515 g/mol. The normalized spacial score (nSPS) is 13.7. The highest BCUT2D eigenvalue weighted by molar-refractivity contribution is 7.12. The molecule has 0 aliphatic carbocycles. The largest absolute Gasteiger partial charge is 0.462 e. The number of aryl methyl sites for hydroxylation is 1. The molecule has 0 radical (unpaired) electrons. The summed E-state index contributed by atoms with van der Waals surface area (Å²) in [6, 6.07) is 19.4. The predicted molar refractivity (Wildman–Crippen MR) is 147 cm³/mol. The highest BCUT2D eigenvalue weighted by atomic mass is 32.1. The Labute approximate surface area is 219 Å². The molecule has 1 fully saturated rings. The number of hydrogen-bond donors (Lipinski definition) is 0. The first-order chi connectivity index (χ1) is 18.0. The molecule has 2 aromatic heterocycles. The van der Waals surface area contributed by atoms with Gasteiger partial charge in [-0.3, -0.25) is 9.59 Å². The average Bonchev–Trinajstić information content (AvgIpc) is 3.45. The van der Waals surface area contributed by atoms with Gasteiger partial charge >= 0.3 is 5.97 Å². The number of piperazine rings is 1. The lowest BCUT2D eigenvalue weighted by molar-refractivity contribution is 0.0523. The van der Waals surface area contributed by atoms with Gasteiger partial charge in [-0.2, -0.15) is 0 Å². The van der Waals surface area contributed by atoms with Gasteiger partial charge in [-0.25, -0.2) is 4.79 Å². The number of esters is 1. The third-order valence-corrected chi connectivity index (χ3v) is 7.53. The van der Waals surface area contributed by atoms with Crippen LogP contribution in [0, 0.1) is 6.92 Å². The molecule has 1 aliphatic rings. The third kappa shape index (κ3) is 4.89. The maximum absolute atomic E-state index is 14.0. The molecule has 0 atom stereocenters. The zero-order chi connectivity index (χ0) is 25.9. The number of carbonyl (C=O) groups excluding carboxylic acids is 2. The first kappa shape index (κ1) is 24.8. The molecule has 0 spiro atoms. The fraction of sp³-hybridized carbons (Fsp3) is 0.276. The van der Waals surface area contributed by atoms with Crippen molar-refractivity contribution in [3.63, 3.8) is 0 Å². The van der Waals surface area contributed by atoms with Crippen LogP contribution in [0.3, 0.4) is 0 Å². The van der Waals surface area contributed by atoms with Crippen molar-refractivity contribution in [2.75, 3.05) is 37.7 Å². The molecular weight excluding hydrogens is 486 g/mol. The first-order valence-electron chi connectivity index (χ1n) is 12.4. The number of fused-ring (bicyclic) bond motifs is 1. The number of ether oxygens (including phenoxy) is 1. The Morgan fingerprint density at radius 1 is 0.973 bits per heavy atom. The van der Waals surface area contributed by atoms with E-state index in [1.54, 1.807) is 11.5 Å². The van der Waals surface area contributed by atoms with Crippen LogP contribution < -0.4 is 10.5 Å². The van der Waals surface area contributed by atoms with E-state index in [9.17, 15) is 14.4 Å². The fourth-order valence-electron chi connectivity index (χ4n) is 4.88. The molecule has 5 rings (SSSR count). The quantitative estimate of drug-likeness (QED) is 0.352. The summed E-state index contributed by atoms with van der Waals surface area (Å²) in [5.41, 5.74) is 3.03. The summed E-state index contributed by atoms with van der Waals surface area (Å²) in [4.78, 5) is 44.7. The number of nitrogens with zero attached hydrogens (tertiary/aromatic N) is 3. The maximum atomic E-state index is 14.0. The lowest BCUT2D eigenvalue weighted by Crippen LogP contribution is -2.49. The van der Waals surface area contributed by atoms with E-state index in [2.05, 4.69) is 4.90 Å². The van der Waals surface area contributed by atoms with Crippen LogP contribution in [0.25, 0.3) is 10.9 Å². The van der Waals surface area contributed by atoms with E-state index in [1.165, 1.54) is 11.3 Å². The minimum Gasteiger partial charge on any atom is -0.462 e. The van der Waals surface area contributed by atoms with Crippen LogP contribution in [0.5, 0.6) is 0 Å². The van der Waals surface area contributed by atoms with Crippen LogP contribution in [-0.2, 0) is 11.3 Å². The number of benzene rings is 2. The zero-order valence-electron chi connectivity index (χ0n) is 21.0. The molecule has 4 aromatic rings. The van der Waals surface area contributed by atoms with Crippen LogP contribution in [-0.4, -0.2) is 54.1 Å². The van der Waals surface area contributed by atoms with Crippen molar-refractivity contribution in [1.29, 1.82) is 0 Å². The molecule has 190 valence electrons. The SMILES string of the molecule is CCOC(=O)c1c(N2CCN(C(=O)c3cccs3)CC2)c2cc(C)ccc2n(Cc2ccccc2)c1=O. The Kier molecular flexibility index (Phi) is 7.10. The highest BCUT2D eigenvalue weighted by Crippen LogP contribution is 2.32. The average molecular weight is 516 g/mol. The summed E-state index contributed by atoms with van der Waals surface area (Å²) in [5.74, 6) is -0.607. The fourth-order valence-corrected chi connectivity index (χ4v) is 5.57. The first-order valence-corrected chi connectivity index (χ1v) is 13.3. The van der Waals surface area contributed by atoms with Crippen LogP contribution >= 0.6 is 11.3 Å². The van der Waals surface area contributed by atoms with Crippen molar-refractivity contribution in [3.8, 4) is 0 Å². The summed E-state index contributed by atoms with van der Waals surface area (Å²) < 4.78 is 7.05. The van der Waals surface area contributed by atoms with Crippen molar-refractivity contribution in [2.24, 2.45) is 0 Å². The zero-order valence-corrected chi connectivity index (χ0v) is 21.8. The third-order valence-electron chi connectivity index (χ3n) is 6.67. The van der Waals surface area contributed by atoms with Crippen LogP contribution in [0.4, 0.5) is 5.69 Å². The van der Waals surface area contributed by atoms with Gasteiger partial charge in [0, 0.05) is 31.6 Å². The van der Waals surface area contributed by atoms with Gasteiger partial charge in [0.1, 0.15) is 5.56 Å². The Morgan fingerprint density at radius 2 is 1.73 bits per heavy atom. The minimum atomic E-state index is -0.621. The molecular formula is C29H29N3O4S. The molecule has 8 heteroatoms. The Hall–Kier alpha value is -3.91. The molecule has 1 amide bonds.